The Kier molecular flexibility index (Phi) is 8.71. The molecule has 7 heteroatoms. The van der Waals surface area contributed by atoms with Crippen molar-refractivity contribution in [1.29, 1.82) is 0 Å². The summed E-state index contributed by atoms with van der Waals surface area (Å²) in [5.74, 6) is 0. The Morgan fingerprint density at radius 3 is 2.00 bits per heavy atom. The first-order valence-corrected chi connectivity index (χ1v) is 4.96. The van der Waals surface area contributed by atoms with Crippen molar-refractivity contribution >= 4 is 10.1 Å². The van der Waals surface area contributed by atoms with E-state index < -0.39 is 15.5 Å². The molecule has 11 heavy (non-hydrogen) atoms. The van der Waals surface area contributed by atoms with Gasteiger partial charge in [-0.15, -0.1) is 0 Å². The minimum absolute atomic E-state index is 0.304. The van der Waals surface area contributed by atoms with Crippen molar-refractivity contribution in [3.05, 3.63) is 0 Å². The van der Waals surface area contributed by atoms with Gasteiger partial charge in [-0.1, -0.05) is 13.3 Å². The quantitative estimate of drug-likeness (QED) is 0.644. The molecule has 5 nitrogen and oxygen atoms in total. The molecule has 0 aliphatic heterocycles. The van der Waals surface area contributed by atoms with Gasteiger partial charge in [0.15, 0.2) is 0 Å². The Bertz CT molecular complexity index is 181. The van der Waals surface area contributed by atoms with E-state index in [9.17, 15) is 8.42 Å². The summed E-state index contributed by atoms with van der Waals surface area (Å²) in [5, 5.41) is -1.11. The Morgan fingerprint density at radius 1 is 1.55 bits per heavy atom. The third-order valence-electron chi connectivity index (χ3n) is 0.956. The summed E-state index contributed by atoms with van der Waals surface area (Å²) in [6.45, 7) is 1.80. The summed E-state index contributed by atoms with van der Waals surface area (Å²) in [4.78, 5) is 0. The number of hydrogen-bond donors (Lipinski definition) is 2. The Balaban J connectivity index is 0. The van der Waals surface area contributed by atoms with Crippen LogP contribution in [0.3, 0.4) is 0 Å². The SMILES string of the molecule is CCCC(N)S(=O)(=O)O.[O]=[V]. The van der Waals surface area contributed by atoms with E-state index in [0.29, 0.717) is 12.8 Å². The van der Waals surface area contributed by atoms with Crippen LogP contribution in [0.15, 0.2) is 0 Å². The zero-order valence-electron chi connectivity index (χ0n) is 6.10. The molecular weight excluding hydrogens is 209 g/mol. The second-order valence-electron chi connectivity index (χ2n) is 1.84. The van der Waals surface area contributed by atoms with Gasteiger partial charge in [-0.05, 0) is 6.42 Å². The monoisotopic (exact) mass is 220 g/mol. The average molecular weight is 220 g/mol. The zero-order chi connectivity index (χ0) is 9.49. The molecule has 0 fully saturated rings. The van der Waals surface area contributed by atoms with E-state index in [1.807, 2.05) is 0 Å². The average Bonchev–Trinajstić information content (AvgIpc) is 1.91. The van der Waals surface area contributed by atoms with Gasteiger partial charge in [0, 0.05) is 0 Å². The van der Waals surface area contributed by atoms with E-state index in [0.717, 1.165) is 17.4 Å². The molecule has 0 spiro atoms. The van der Waals surface area contributed by atoms with Crippen LogP contribution in [0.25, 0.3) is 0 Å². The first kappa shape index (κ1) is 13.8. The molecule has 67 valence electrons. The van der Waals surface area contributed by atoms with Gasteiger partial charge in [0.2, 0.25) is 0 Å². The summed E-state index contributed by atoms with van der Waals surface area (Å²) >= 11 is 1.06. The van der Waals surface area contributed by atoms with Gasteiger partial charge >= 0.3 is 21.0 Å². The van der Waals surface area contributed by atoms with Crippen LogP contribution in [-0.4, -0.2) is 18.3 Å². The third-order valence-corrected chi connectivity index (χ3v) is 1.96. The van der Waals surface area contributed by atoms with E-state index in [1.165, 1.54) is 0 Å². The fraction of sp³-hybridized carbons (Fsp3) is 1.00. The Morgan fingerprint density at radius 2 is 1.91 bits per heavy atom. The number of rotatable bonds is 3. The molecule has 0 aliphatic carbocycles. The van der Waals surface area contributed by atoms with Crippen LogP contribution in [0.2, 0.25) is 0 Å². The molecule has 1 atom stereocenters. The zero-order valence-corrected chi connectivity index (χ0v) is 8.31. The van der Waals surface area contributed by atoms with E-state index in [4.69, 9.17) is 14.0 Å². The van der Waals surface area contributed by atoms with Crippen LogP contribution >= 0.6 is 0 Å². The molecule has 0 rings (SSSR count). The maximum absolute atomic E-state index is 10.2. The van der Waals surface area contributed by atoms with Crippen molar-refractivity contribution < 1.29 is 34.0 Å². The standard InChI is InChI=1S/C4H11NO3S.O.V/c1-2-3-4(5)9(6,7)8;;/h4H,2-3,5H2,1H3,(H,6,7,8);;. The third kappa shape index (κ3) is 8.16. The molecule has 0 amide bonds. The van der Waals surface area contributed by atoms with E-state index in [2.05, 4.69) is 0 Å². The van der Waals surface area contributed by atoms with Gasteiger partial charge in [-0.3, -0.25) is 4.55 Å². The van der Waals surface area contributed by atoms with Crippen molar-refractivity contribution in [2.75, 3.05) is 0 Å². The molecule has 0 bridgehead atoms. The second-order valence-corrected chi connectivity index (χ2v) is 3.48. The van der Waals surface area contributed by atoms with Gasteiger partial charge in [0.25, 0.3) is 10.1 Å². The molecule has 0 aromatic carbocycles. The van der Waals surface area contributed by atoms with Gasteiger partial charge in [0.05, 0.1) is 0 Å². The van der Waals surface area contributed by atoms with E-state index in [1.54, 1.807) is 6.92 Å². The number of nitrogens with two attached hydrogens (primary N) is 1. The van der Waals surface area contributed by atoms with Crippen LogP contribution in [0, 0.1) is 0 Å². The Hall–Kier alpha value is 0.254. The van der Waals surface area contributed by atoms with Crippen LogP contribution in [0.4, 0.5) is 0 Å². The Labute approximate surface area is 75.3 Å². The predicted molar refractivity (Wildman–Crippen MR) is 35.1 cm³/mol. The molecule has 0 heterocycles. The summed E-state index contributed by atoms with van der Waals surface area (Å²) in [7, 11) is -3.99. The van der Waals surface area contributed by atoms with Crippen molar-refractivity contribution in [2.45, 2.75) is 25.1 Å². The summed E-state index contributed by atoms with van der Waals surface area (Å²) < 4.78 is 36.8. The van der Waals surface area contributed by atoms with E-state index >= 15 is 0 Å². The molecule has 0 aromatic rings. The van der Waals surface area contributed by atoms with E-state index in [-0.39, 0.29) is 0 Å². The fourth-order valence-electron chi connectivity index (χ4n) is 0.433. The molecule has 1 unspecified atom stereocenters. The summed E-state index contributed by atoms with van der Waals surface area (Å²) in [6, 6.07) is 0. The molecule has 0 aliphatic rings. The molecule has 0 radical (unpaired) electrons. The van der Waals surface area contributed by atoms with Crippen molar-refractivity contribution in [3.8, 4) is 0 Å². The minimum atomic E-state index is -3.99. The normalized spacial score (nSPS) is 12.9. The van der Waals surface area contributed by atoms with Crippen molar-refractivity contribution in [2.24, 2.45) is 5.73 Å². The van der Waals surface area contributed by atoms with Crippen LogP contribution < -0.4 is 5.73 Å². The molecule has 0 saturated heterocycles. The first-order chi connectivity index (χ1) is 4.98. The van der Waals surface area contributed by atoms with Crippen LogP contribution in [0.5, 0.6) is 0 Å². The number of hydrogen-bond acceptors (Lipinski definition) is 4. The molecule has 3 N–H and O–H groups in total. The van der Waals surface area contributed by atoms with Gasteiger partial charge in [0.1, 0.15) is 5.37 Å². The van der Waals surface area contributed by atoms with Gasteiger partial charge in [-0.2, -0.15) is 8.42 Å². The second kappa shape index (κ2) is 6.93. The summed E-state index contributed by atoms with van der Waals surface area (Å²) in [5.41, 5.74) is 5.02. The predicted octanol–water partition coefficient (Wildman–Crippen LogP) is -0.162. The van der Waals surface area contributed by atoms with Crippen molar-refractivity contribution in [1.82, 2.24) is 0 Å². The maximum atomic E-state index is 10.2. The topological polar surface area (TPSA) is 97.5 Å². The van der Waals surface area contributed by atoms with Gasteiger partial charge < -0.3 is 5.73 Å². The van der Waals surface area contributed by atoms with Crippen LogP contribution in [-0.2, 0) is 31.2 Å². The van der Waals surface area contributed by atoms with Crippen molar-refractivity contribution in [3.63, 3.8) is 0 Å². The van der Waals surface area contributed by atoms with Crippen LogP contribution in [0.1, 0.15) is 19.8 Å². The summed E-state index contributed by atoms with van der Waals surface area (Å²) in [6.07, 6.45) is 0.958. The molecular formula is C4H11NO4SV. The fourth-order valence-corrected chi connectivity index (χ4v) is 0.967. The molecule has 0 saturated carbocycles. The molecule has 0 aromatic heterocycles. The van der Waals surface area contributed by atoms with Gasteiger partial charge in [-0.25, -0.2) is 0 Å². The first-order valence-electron chi connectivity index (χ1n) is 2.88.